The van der Waals surface area contributed by atoms with E-state index in [1.165, 1.54) is 39.0 Å². The monoisotopic (exact) mass is 479 g/mol. The average Bonchev–Trinajstić information content (AvgIpc) is 2.87. The van der Waals surface area contributed by atoms with E-state index in [1.54, 1.807) is 0 Å². The molecule has 0 nitrogen and oxygen atoms in total. The maximum Gasteiger partial charge on any atom is -0.147 e. The van der Waals surface area contributed by atoms with E-state index in [-0.39, 0.29) is 40.9 Å². The Morgan fingerprint density at radius 1 is 0.690 bits per heavy atom. The largest absolute Gasteiger partial charge is 0.147 e. The van der Waals surface area contributed by atoms with Gasteiger partial charge in [-0.3, -0.25) is 0 Å². The van der Waals surface area contributed by atoms with Crippen LogP contribution in [0.5, 0.6) is 0 Å². The summed E-state index contributed by atoms with van der Waals surface area (Å²) < 4.78 is -0.0435. The maximum atomic E-state index is 2.42. The van der Waals surface area contributed by atoms with Gasteiger partial charge >= 0.3 is 169 Å². The molecule has 4 heteroatoms. The Bertz CT molecular complexity index is 967. The summed E-state index contributed by atoms with van der Waals surface area (Å²) in [6, 6.07) is 26.9. The first-order chi connectivity index (χ1) is 12.5. The van der Waals surface area contributed by atoms with Gasteiger partial charge in [0.15, 0.2) is 0 Å². The molecule has 29 heavy (non-hydrogen) atoms. The van der Waals surface area contributed by atoms with Crippen molar-refractivity contribution in [1.82, 2.24) is 0 Å². The van der Waals surface area contributed by atoms with Gasteiger partial charge < -0.3 is 0 Å². The van der Waals surface area contributed by atoms with Gasteiger partial charge in [0.1, 0.15) is 0 Å². The Morgan fingerprint density at radius 2 is 1.21 bits per heavy atom. The van der Waals surface area contributed by atoms with Gasteiger partial charge in [-0.05, 0) is 0 Å². The summed E-state index contributed by atoms with van der Waals surface area (Å²) in [6.07, 6.45) is 2.37. The van der Waals surface area contributed by atoms with Crippen LogP contribution in [-0.2, 0) is 24.2 Å². The van der Waals surface area contributed by atoms with Gasteiger partial charge in [0.2, 0.25) is 0 Å². The third-order valence-electron chi connectivity index (χ3n) is 5.56. The summed E-state index contributed by atoms with van der Waals surface area (Å²) >= 11 is 2.42. The molecule has 151 valence electrons. The summed E-state index contributed by atoms with van der Waals surface area (Å²) in [7, 11) is 0. The number of hydrogen-bond acceptors (Lipinski definition) is 0. The molecular weight excluding hydrogens is 455 g/mol. The molecule has 0 radical (unpaired) electrons. The fraction of sp³-hybridized carbons (Fsp3) is 0.200. The molecule has 0 fully saturated rings. The van der Waals surface area contributed by atoms with Gasteiger partial charge in [-0.1, -0.05) is 0 Å². The zero-order valence-electron chi connectivity index (χ0n) is 16.8. The maximum absolute atomic E-state index is 2.42. The van der Waals surface area contributed by atoms with E-state index in [4.69, 9.17) is 0 Å². The SMILES string of the molecule is CC1=Cc2ccccc2[C]1([Ti])C(c1cccc(C)c1)c1cccc(C)c1.Cl.Cl.Cl. The van der Waals surface area contributed by atoms with Crippen LogP contribution in [0, 0.1) is 13.8 Å². The van der Waals surface area contributed by atoms with Crippen molar-refractivity contribution in [3.63, 3.8) is 0 Å². The molecule has 3 aromatic rings. The number of halogens is 3. The Morgan fingerprint density at radius 3 is 1.72 bits per heavy atom. The minimum Gasteiger partial charge on any atom is -0.147 e. The van der Waals surface area contributed by atoms with E-state index in [2.05, 4.69) is 120 Å². The first-order valence-corrected chi connectivity index (χ1v) is 9.94. The third kappa shape index (κ3) is 4.68. The predicted molar refractivity (Wildman–Crippen MR) is 128 cm³/mol. The second-order valence-electron chi connectivity index (χ2n) is 7.48. The van der Waals surface area contributed by atoms with E-state index in [1.807, 2.05) is 0 Å². The molecule has 0 aliphatic heterocycles. The topological polar surface area (TPSA) is 0 Å². The molecule has 0 aromatic heterocycles. The van der Waals surface area contributed by atoms with Crippen molar-refractivity contribution < 1.29 is 20.4 Å². The molecule has 0 saturated heterocycles. The molecular formula is C25H26Cl3Ti. The van der Waals surface area contributed by atoms with Crippen LogP contribution < -0.4 is 0 Å². The molecule has 0 amide bonds. The number of fused-ring (bicyclic) bond motifs is 1. The van der Waals surface area contributed by atoms with Crippen molar-refractivity contribution in [2.24, 2.45) is 0 Å². The number of aryl methyl sites for hydroxylation is 2. The molecule has 0 saturated carbocycles. The number of hydrogen-bond donors (Lipinski definition) is 0. The first-order valence-electron chi connectivity index (χ1n) is 9.16. The minimum atomic E-state index is -0.0435. The van der Waals surface area contributed by atoms with Crippen LogP contribution in [-0.4, -0.2) is 0 Å². The predicted octanol–water partition coefficient (Wildman–Crippen LogP) is 7.56. The normalized spacial score (nSPS) is 16.7. The molecule has 1 atom stereocenters. The molecule has 4 rings (SSSR count). The molecule has 0 spiro atoms. The molecule has 3 aromatic carbocycles. The summed E-state index contributed by atoms with van der Waals surface area (Å²) in [5.41, 5.74) is 9.65. The van der Waals surface area contributed by atoms with Gasteiger partial charge in [0, 0.05) is 0 Å². The summed E-state index contributed by atoms with van der Waals surface area (Å²) in [5, 5.41) is 0. The van der Waals surface area contributed by atoms with Crippen LogP contribution in [0.2, 0.25) is 0 Å². The van der Waals surface area contributed by atoms with Crippen LogP contribution in [0.25, 0.3) is 6.08 Å². The number of benzene rings is 3. The second kappa shape index (κ2) is 10.3. The Labute approximate surface area is 204 Å². The Kier molecular flexibility index (Phi) is 9.27. The average molecular weight is 481 g/mol. The second-order valence-corrected chi connectivity index (χ2v) is 8.72. The number of rotatable bonds is 3. The fourth-order valence-corrected chi connectivity index (χ4v) is 5.31. The van der Waals surface area contributed by atoms with E-state index in [0.29, 0.717) is 5.92 Å². The van der Waals surface area contributed by atoms with Crippen molar-refractivity contribution in [2.45, 2.75) is 30.4 Å². The minimum absolute atomic E-state index is 0. The van der Waals surface area contributed by atoms with Gasteiger partial charge in [-0.25, -0.2) is 0 Å². The zero-order valence-corrected chi connectivity index (χ0v) is 20.8. The van der Waals surface area contributed by atoms with Gasteiger partial charge in [0.05, 0.1) is 0 Å². The fourth-order valence-electron chi connectivity index (χ4n) is 4.32. The van der Waals surface area contributed by atoms with Crippen LogP contribution in [0.3, 0.4) is 0 Å². The first kappa shape index (κ1) is 26.0. The molecule has 1 aliphatic rings. The van der Waals surface area contributed by atoms with Crippen LogP contribution >= 0.6 is 37.2 Å². The Balaban J connectivity index is 0.00000140. The summed E-state index contributed by atoms with van der Waals surface area (Å²) in [5.74, 6) is 0.294. The van der Waals surface area contributed by atoms with Crippen LogP contribution in [0.15, 0.2) is 78.4 Å². The molecule has 0 bridgehead atoms. The van der Waals surface area contributed by atoms with Crippen LogP contribution in [0.1, 0.15) is 46.2 Å². The Hall–Kier alpha value is -1.02. The smallest absolute Gasteiger partial charge is 0.147 e. The van der Waals surface area contributed by atoms with E-state index in [9.17, 15) is 0 Å². The molecule has 0 heterocycles. The number of allylic oxidation sites excluding steroid dienone is 1. The van der Waals surface area contributed by atoms with Crippen LogP contribution in [0.4, 0.5) is 0 Å². The van der Waals surface area contributed by atoms with Crippen molar-refractivity contribution >= 4 is 43.3 Å². The van der Waals surface area contributed by atoms with Crippen molar-refractivity contribution in [3.8, 4) is 0 Å². The van der Waals surface area contributed by atoms with Crippen molar-refractivity contribution in [2.75, 3.05) is 0 Å². The van der Waals surface area contributed by atoms with Gasteiger partial charge in [0.25, 0.3) is 0 Å². The standard InChI is InChI=1S/C25H23.3ClH.Ti/c1-17-8-6-11-21(14-17)25(22-12-7-9-18(2)15-22)24-19(3)16-20-10-4-5-13-23(20)24;;;;/h4-16,25H,1-3H3;3*1H;. The van der Waals surface area contributed by atoms with E-state index >= 15 is 0 Å². The van der Waals surface area contributed by atoms with Gasteiger partial charge in [-0.2, -0.15) is 0 Å². The van der Waals surface area contributed by atoms with Crippen molar-refractivity contribution in [1.29, 1.82) is 0 Å². The molecule has 0 N–H and O–H groups in total. The summed E-state index contributed by atoms with van der Waals surface area (Å²) in [6.45, 7) is 6.66. The molecule has 1 unspecified atom stereocenters. The third-order valence-corrected chi connectivity index (χ3v) is 7.05. The van der Waals surface area contributed by atoms with E-state index in [0.717, 1.165) is 0 Å². The van der Waals surface area contributed by atoms with E-state index < -0.39 is 0 Å². The summed E-state index contributed by atoms with van der Waals surface area (Å²) in [4.78, 5) is 0. The van der Waals surface area contributed by atoms with Crippen molar-refractivity contribution in [3.05, 3.63) is 112 Å². The van der Waals surface area contributed by atoms with Gasteiger partial charge in [-0.15, -0.1) is 37.2 Å². The zero-order chi connectivity index (χ0) is 18.3. The quantitative estimate of drug-likeness (QED) is 0.339. The molecule has 1 aliphatic carbocycles.